The summed E-state index contributed by atoms with van der Waals surface area (Å²) < 4.78 is 98.0. The largest absolute Gasteiger partial charge is 0.419 e. The Kier molecular flexibility index (Phi) is 7.53. The molecule has 2 unspecified atom stereocenters. The fourth-order valence-corrected chi connectivity index (χ4v) is 6.81. The van der Waals surface area contributed by atoms with Crippen molar-refractivity contribution in [3.05, 3.63) is 82.7 Å². The van der Waals surface area contributed by atoms with E-state index < -0.39 is 63.9 Å². The van der Waals surface area contributed by atoms with Crippen LogP contribution in [-0.2, 0) is 16.4 Å². The maximum absolute atomic E-state index is 14.6. The smallest absolute Gasteiger partial charge is 0.342 e. The maximum atomic E-state index is 14.6. The Labute approximate surface area is 258 Å². The molecule has 244 valence electrons. The summed E-state index contributed by atoms with van der Waals surface area (Å²) in [6, 6.07) is 3.88. The van der Waals surface area contributed by atoms with Gasteiger partial charge in [0.1, 0.15) is 17.2 Å². The second kappa shape index (κ2) is 10.9. The number of piperidine rings is 1. The molecule has 1 N–H and O–H groups in total. The highest BCUT2D eigenvalue weighted by Gasteiger charge is 2.57. The molecule has 46 heavy (non-hydrogen) atoms. The van der Waals surface area contributed by atoms with Crippen molar-refractivity contribution in [2.45, 2.75) is 55.8 Å². The molecule has 2 saturated heterocycles. The molecule has 3 aliphatic heterocycles. The van der Waals surface area contributed by atoms with Gasteiger partial charge >= 0.3 is 6.18 Å². The van der Waals surface area contributed by atoms with Gasteiger partial charge in [-0.05, 0) is 57.0 Å². The van der Waals surface area contributed by atoms with Gasteiger partial charge in [-0.25, -0.2) is 22.2 Å². The van der Waals surface area contributed by atoms with E-state index in [4.69, 9.17) is 0 Å². The summed E-state index contributed by atoms with van der Waals surface area (Å²) in [5.74, 6) is -6.57. The van der Waals surface area contributed by atoms with Crippen molar-refractivity contribution in [3.63, 3.8) is 0 Å². The molecule has 15 heteroatoms. The molecule has 1 aliphatic carbocycles. The van der Waals surface area contributed by atoms with E-state index in [1.54, 1.807) is 30.2 Å². The lowest BCUT2D eigenvalue weighted by molar-refractivity contribution is -0.140. The van der Waals surface area contributed by atoms with Crippen molar-refractivity contribution in [3.8, 4) is 5.69 Å². The fraction of sp³-hybridized carbons (Fsp3) is 0.419. The molecule has 2 atom stereocenters. The second-order valence-electron chi connectivity index (χ2n) is 12.4. The van der Waals surface area contributed by atoms with E-state index in [2.05, 4.69) is 15.4 Å². The summed E-state index contributed by atoms with van der Waals surface area (Å²) in [7, 11) is 0. The number of halogens is 7. The van der Waals surface area contributed by atoms with Crippen LogP contribution in [0.5, 0.6) is 0 Å². The highest BCUT2D eigenvalue weighted by Crippen LogP contribution is 2.45. The Balaban J connectivity index is 1.29. The zero-order chi connectivity index (χ0) is 33.2. The molecule has 0 radical (unpaired) electrons. The number of aromatic nitrogens is 2. The fourth-order valence-electron chi connectivity index (χ4n) is 6.81. The molecule has 4 heterocycles. The number of nitrogens with one attached hydrogen (secondary N) is 1. The number of aliphatic imine (C=N–C) groups is 1. The lowest BCUT2D eigenvalue weighted by Crippen LogP contribution is -2.62. The maximum Gasteiger partial charge on any atom is 0.419 e. The zero-order valence-electron chi connectivity index (χ0n) is 24.8. The number of hydrogen-bond donors (Lipinski definition) is 1. The third-order valence-corrected chi connectivity index (χ3v) is 9.32. The van der Waals surface area contributed by atoms with Crippen LogP contribution in [0.1, 0.15) is 54.9 Å². The zero-order valence-corrected chi connectivity index (χ0v) is 24.8. The van der Waals surface area contributed by atoms with Crippen molar-refractivity contribution < 1.29 is 40.3 Å². The van der Waals surface area contributed by atoms with Gasteiger partial charge in [-0.15, -0.1) is 0 Å². The first-order chi connectivity index (χ1) is 21.6. The lowest BCUT2D eigenvalue weighted by Gasteiger charge is -2.49. The van der Waals surface area contributed by atoms with E-state index in [1.807, 2.05) is 0 Å². The minimum absolute atomic E-state index is 0.0293. The molecule has 2 amide bonds. The van der Waals surface area contributed by atoms with E-state index in [9.17, 15) is 40.3 Å². The van der Waals surface area contributed by atoms with Crippen LogP contribution in [-0.4, -0.2) is 75.0 Å². The summed E-state index contributed by atoms with van der Waals surface area (Å²) in [6.07, 6.45) is 0.835. The number of dihydropyridines is 1. The van der Waals surface area contributed by atoms with Gasteiger partial charge in [0, 0.05) is 42.7 Å². The molecule has 1 aromatic carbocycles. The monoisotopic (exact) mass is 650 g/mol. The van der Waals surface area contributed by atoms with Crippen molar-refractivity contribution in [2.24, 2.45) is 4.99 Å². The van der Waals surface area contributed by atoms with E-state index in [-0.39, 0.29) is 56.4 Å². The molecular weight excluding hydrogens is 621 g/mol. The molecule has 6 rings (SSSR count). The van der Waals surface area contributed by atoms with Crippen LogP contribution in [0.4, 0.5) is 30.7 Å². The molecule has 0 saturated carbocycles. The summed E-state index contributed by atoms with van der Waals surface area (Å²) in [5.41, 5.74) is -4.56. The van der Waals surface area contributed by atoms with Gasteiger partial charge in [0.2, 0.25) is 5.91 Å². The molecule has 8 nitrogen and oxygen atoms in total. The number of alkyl halides is 3. The summed E-state index contributed by atoms with van der Waals surface area (Å²) in [4.78, 5) is 34.3. The Bertz CT molecular complexity index is 1740. The van der Waals surface area contributed by atoms with Crippen LogP contribution >= 0.6 is 0 Å². The highest BCUT2D eigenvalue weighted by molar-refractivity contribution is 5.94. The van der Waals surface area contributed by atoms with Gasteiger partial charge in [0.25, 0.3) is 5.91 Å². The lowest BCUT2D eigenvalue weighted by atomic mass is 9.80. The van der Waals surface area contributed by atoms with Crippen molar-refractivity contribution >= 4 is 18.0 Å². The first kappa shape index (κ1) is 31.7. The van der Waals surface area contributed by atoms with Crippen LogP contribution in [0.15, 0.2) is 65.0 Å². The van der Waals surface area contributed by atoms with Crippen LogP contribution in [0, 0.1) is 5.82 Å². The Hall–Kier alpha value is -4.27. The molecule has 1 aromatic heterocycles. The van der Waals surface area contributed by atoms with Gasteiger partial charge in [-0.2, -0.15) is 18.3 Å². The molecule has 4 aliphatic rings. The van der Waals surface area contributed by atoms with Gasteiger partial charge in [-0.3, -0.25) is 19.5 Å². The number of rotatable bonds is 4. The van der Waals surface area contributed by atoms with Gasteiger partial charge in [-0.1, -0.05) is 6.08 Å². The average Bonchev–Trinajstić information content (AvgIpc) is 3.59. The van der Waals surface area contributed by atoms with E-state index >= 15 is 0 Å². The molecule has 2 fully saturated rings. The average molecular weight is 651 g/mol. The Morgan fingerprint density at radius 3 is 2.37 bits per heavy atom. The number of carbonyl (C=O) groups is 2. The Morgan fingerprint density at radius 2 is 1.76 bits per heavy atom. The minimum Gasteiger partial charge on any atom is -0.342 e. The number of amides is 2. The Morgan fingerprint density at radius 1 is 1.04 bits per heavy atom. The molecular formula is C31H29F7N6O2. The topological polar surface area (TPSA) is 82.8 Å². The predicted octanol–water partition coefficient (Wildman–Crippen LogP) is 5.46. The van der Waals surface area contributed by atoms with Crippen LogP contribution in [0.2, 0.25) is 0 Å². The molecule has 2 aromatic rings. The number of likely N-dealkylation sites (tertiary alicyclic amines) is 1. The molecule has 1 spiro atoms. The summed E-state index contributed by atoms with van der Waals surface area (Å²) in [5, 5.41) is 7.13. The molecule has 0 bridgehead atoms. The number of allylic oxidation sites excluding steroid dienone is 3. The van der Waals surface area contributed by atoms with Crippen LogP contribution in [0.3, 0.4) is 0 Å². The first-order valence-electron chi connectivity index (χ1n) is 14.5. The minimum atomic E-state index is -4.90. The number of hydrogen-bond acceptors (Lipinski definition) is 5. The van der Waals surface area contributed by atoms with Crippen molar-refractivity contribution in [1.29, 1.82) is 0 Å². The van der Waals surface area contributed by atoms with Gasteiger partial charge in [0.15, 0.2) is 17.3 Å². The standard InChI is InChI=1S/C31H29F7N6O2/c1-28(6-3-9-39-16-28)24-13-23(41-44(24)18-4-5-19(20(32)12-18)31(36,37)38)26(45)42-10-7-30(8-11-42)27(46)40-17-43(30)29(2)14-21(33)25(35)22(34)15-29/h3-6,9,12-14H,7-8,10-11,15-17H2,1-2H3,(H,40,46). The van der Waals surface area contributed by atoms with Gasteiger partial charge in [0.05, 0.1) is 30.2 Å². The number of nitrogens with zero attached hydrogens (tertiary/aromatic N) is 5. The van der Waals surface area contributed by atoms with E-state index in [0.29, 0.717) is 17.8 Å². The first-order valence-corrected chi connectivity index (χ1v) is 14.5. The number of benzene rings is 1. The quantitative estimate of drug-likeness (QED) is 0.446. The number of carbonyl (C=O) groups excluding carboxylic acids is 2. The highest BCUT2D eigenvalue weighted by atomic mass is 19.4. The summed E-state index contributed by atoms with van der Waals surface area (Å²) in [6.45, 7) is 3.62. The van der Waals surface area contributed by atoms with E-state index in [0.717, 1.165) is 12.1 Å². The normalized spacial score (nSPS) is 26.6. The predicted molar refractivity (Wildman–Crippen MR) is 153 cm³/mol. The van der Waals surface area contributed by atoms with Crippen molar-refractivity contribution in [1.82, 2.24) is 24.9 Å². The SMILES string of the molecule is CC1(c2cc(C(=O)N3CCC4(CC3)C(=O)NCN4C3(C)C=C(F)C(F)=C(F)C3)nn2-c2ccc(C(F)(F)F)c(F)c2)C=CC=NC1. The second-order valence-corrected chi connectivity index (χ2v) is 12.4. The van der Waals surface area contributed by atoms with Crippen LogP contribution < -0.4 is 5.32 Å². The third kappa shape index (κ3) is 5.13. The third-order valence-electron chi connectivity index (χ3n) is 9.32. The summed E-state index contributed by atoms with van der Waals surface area (Å²) >= 11 is 0. The van der Waals surface area contributed by atoms with Gasteiger partial charge < -0.3 is 10.2 Å². The van der Waals surface area contributed by atoms with Crippen molar-refractivity contribution in [2.75, 3.05) is 26.3 Å². The van der Waals surface area contributed by atoms with E-state index in [1.165, 1.54) is 22.6 Å². The van der Waals surface area contributed by atoms with Crippen LogP contribution in [0.25, 0.3) is 5.69 Å².